The molecule has 1 atom stereocenters. The molecule has 1 saturated heterocycles. The number of carbonyl (C=O) groups excluding carboxylic acids is 2. The Kier molecular flexibility index (Phi) is 5.22. The molecule has 21 heavy (non-hydrogen) atoms. The predicted octanol–water partition coefficient (Wildman–Crippen LogP) is 2.31. The minimum Gasteiger partial charge on any atom is -0.354 e. The molecule has 114 valence electrons. The summed E-state index contributed by atoms with van der Waals surface area (Å²) in [5.74, 6) is -0.0308. The number of halogens is 1. The first kappa shape index (κ1) is 15.8. The molecule has 0 radical (unpaired) electrons. The van der Waals surface area contributed by atoms with E-state index in [2.05, 4.69) is 5.32 Å². The highest BCUT2D eigenvalue weighted by Crippen LogP contribution is 2.38. The van der Waals surface area contributed by atoms with E-state index in [-0.39, 0.29) is 35.5 Å². The number of carbonyl (C=O) groups is 2. The third-order valence-corrected chi connectivity index (χ3v) is 4.39. The molecule has 2 rings (SSSR count). The van der Waals surface area contributed by atoms with E-state index >= 15 is 0 Å². The summed E-state index contributed by atoms with van der Waals surface area (Å²) in [6, 6.07) is 6.35. The largest absolute Gasteiger partial charge is 0.354 e. The van der Waals surface area contributed by atoms with Gasteiger partial charge in [-0.1, -0.05) is 12.1 Å². The maximum absolute atomic E-state index is 13.3. The van der Waals surface area contributed by atoms with Crippen LogP contribution in [-0.4, -0.2) is 35.1 Å². The summed E-state index contributed by atoms with van der Waals surface area (Å²) in [7, 11) is 0. The van der Waals surface area contributed by atoms with Gasteiger partial charge in [-0.3, -0.25) is 9.59 Å². The van der Waals surface area contributed by atoms with E-state index in [0.29, 0.717) is 12.3 Å². The van der Waals surface area contributed by atoms with Gasteiger partial charge in [-0.15, -0.1) is 11.8 Å². The van der Waals surface area contributed by atoms with Gasteiger partial charge < -0.3 is 10.2 Å². The Morgan fingerprint density at radius 3 is 2.95 bits per heavy atom. The van der Waals surface area contributed by atoms with Gasteiger partial charge in [0.05, 0.1) is 5.75 Å². The second kappa shape index (κ2) is 6.93. The summed E-state index contributed by atoms with van der Waals surface area (Å²) in [5, 5.41) is 2.59. The quantitative estimate of drug-likeness (QED) is 0.908. The Labute approximate surface area is 128 Å². The van der Waals surface area contributed by atoms with Crippen molar-refractivity contribution in [3.05, 3.63) is 35.6 Å². The molecule has 0 aliphatic carbocycles. The van der Waals surface area contributed by atoms with Crippen LogP contribution in [0.3, 0.4) is 0 Å². The number of rotatable bonds is 5. The first-order valence-electron chi connectivity index (χ1n) is 6.93. The van der Waals surface area contributed by atoms with Crippen molar-refractivity contribution in [3.63, 3.8) is 0 Å². The van der Waals surface area contributed by atoms with Gasteiger partial charge in [-0.05, 0) is 31.5 Å². The van der Waals surface area contributed by atoms with Crippen molar-refractivity contribution < 1.29 is 14.0 Å². The number of thioether (sulfide) groups is 1. The van der Waals surface area contributed by atoms with Gasteiger partial charge in [0.1, 0.15) is 11.2 Å². The average Bonchev–Trinajstić information content (AvgIpc) is 2.77. The minimum atomic E-state index is -0.315. The SMILES string of the molecule is CC(C)NC(=O)CCN1C(=O)CS[C@@H]1c1cccc(F)c1. The zero-order valence-corrected chi connectivity index (χ0v) is 13.0. The lowest BCUT2D eigenvalue weighted by atomic mass is 10.2. The Morgan fingerprint density at radius 1 is 1.52 bits per heavy atom. The molecular weight excluding hydrogens is 291 g/mol. The Balaban J connectivity index is 2.02. The maximum Gasteiger partial charge on any atom is 0.233 e. The summed E-state index contributed by atoms with van der Waals surface area (Å²) < 4.78 is 13.3. The average molecular weight is 310 g/mol. The molecule has 1 aromatic rings. The van der Waals surface area contributed by atoms with Crippen LogP contribution >= 0.6 is 11.8 Å². The topological polar surface area (TPSA) is 49.4 Å². The zero-order chi connectivity index (χ0) is 15.4. The Morgan fingerprint density at radius 2 is 2.29 bits per heavy atom. The molecule has 0 bridgehead atoms. The van der Waals surface area contributed by atoms with Gasteiger partial charge in [0, 0.05) is 19.0 Å². The van der Waals surface area contributed by atoms with Gasteiger partial charge in [-0.25, -0.2) is 4.39 Å². The van der Waals surface area contributed by atoms with Crippen molar-refractivity contribution in [3.8, 4) is 0 Å². The molecule has 1 N–H and O–H groups in total. The molecular formula is C15H19FN2O2S. The van der Waals surface area contributed by atoms with Crippen LogP contribution in [-0.2, 0) is 9.59 Å². The van der Waals surface area contributed by atoms with E-state index in [0.717, 1.165) is 5.56 Å². The molecule has 1 aliphatic heterocycles. The lowest BCUT2D eigenvalue weighted by molar-refractivity contribution is -0.129. The van der Waals surface area contributed by atoms with E-state index in [9.17, 15) is 14.0 Å². The van der Waals surface area contributed by atoms with Crippen LogP contribution in [0.4, 0.5) is 4.39 Å². The fourth-order valence-electron chi connectivity index (χ4n) is 2.25. The van der Waals surface area contributed by atoms with Gasteiger partial charge in [0.2, 0.25) is 11.8 Å². The van der Waals surface area contributed by atoms with Gasteiger partial charge >= 0.3 is 0 Å². The first-order valence-corrected chi connectivity index (χ1v) is 7.98. The molecule has 4 nitrogen and oxygen atoms in total. The lowest BCUT2D eigenvalue weighted by Gasteiger charge is -2.24. The number of hydrogen-bond acceptors (Lipinski definition) is 3. The van der Waals surface area contributed by atoms with E-state index in [1.807, 2.05) is 13.8 Å². The third-order valence-electron chi connectivity index (χ3n) is 3.13. The van der Waals surface area contributed by atoms with Crippen LogP contribution in [0.5, 0.6) is 0 Å². The number of amides is 2. The molecule has 0 saturated carbocycles. The van der Waals surface area contributed by atoms with Crippen LogP contribution in [0.1, 0.15) is 31.2 Å². The monoisotopic (exact) mass is 310 g/mol. The Bertz CT molecular complexity index is 536. The summed E-state index contributed by atoms with van der Waals surface area (Å²) in [4.78, 5) is 25.3. The van der Waals surface area contributed by atoms with Gasteiger partial charge in [-0.2, -0.15) is 0 Å². The van der Waals surface area contributed by atoms with Crippen molar-refractivity contribution in [1.82, 2.24) is 10.2 Å². The van der Waals surface area contributed by atoms with E-state index in [1.54, 1.807) is 17.0 Å². The fourth-order valence-corrected chi connectivity index (χ4v) is 3.46. The summed E-state index contributed by atoms with van der Waals surface area (Å²) >= 11 is 1.46. The van der Waals surface area contributed by atoms with Crippen molar-refractivity contribution in [2.45, 2.75) is 31.7 Å². The van der Waals surface area contributed by atoms with Crippen LogP contribution in [0, 0.1) is 5.82 Å². The summed E-state index contributed by atoms with van der Waals surface area (Å²) in [5.41, 5.74) is 0.759. The number of benzene rings is 1. The number of nitrogens with zero attached hydrogens (tertiary/aromatic N) is 1. The highest BCUT2D eigenvalue weighted by Gasteiger charge is 2.32. The van der Waals surface area contributed by atoms with Crippen molar-refractivity contribution >= 4 is 23.6 Å². The Hall–Kier alpha value is -1.56. The molecule has 1 aliphatic rings. The minimum absolute atomic E-state index is 0.00777. The normalized spacial score (nSPS) is 18.4. The molecule has 0 aromatic heterocycles. The van der Waals surface area contributed by atoms with E-state index in [1.165, 1.54) is 23.9 Å². The smallest absolute Gasteiger partial charge is 0.233 e. The molecule has 1 heterocycles. The molecule has 2 amide bonds. The summed E-state index contributed by atoms with van der Waals surface area (Å²) in [6.07, 6.45) is 0.260. The molecule has 6 heteroatoms. The van der Waals surface area contributed by atoms with E-state index in [4.69, 9.17) is 0 Å². The maximum atomic E-state index is 13.3. The van der Waals surface area contributed by atoms with Crippen LogP contribution in [0.15, 0.2) is 24.3 Å². The number of nitrogens with one attached hydrogen (secondary N) is 1. The number of hydrogen-bond donors (Lipinski definition) is 1. The first-order chi connectivity index (χ1) is 9.97. The fraction of sp³-hybridized carbons (Fsp3) is 0.467. The lowest BCUT2D eigenvalue weighted by Crippen LogP contribution is -2.35. The zero-order valence-electron chi connectivity index (χ0n) is 12.1. The predicted molar refractivity (Wildman–Crippen MR) is 81.2 cm³/mol. The van der Waals surface area contributed by atoms with Crippen LogP contribution in [0.25, 0.3) is 0 Å². The molecule has 1 aromatic carbocycles. The van der Waals surface area contributed by atoms with Crippen molar-refractivity contribution in [2.24, 2.45) is 0 Å². The third kappa shape index (κ3) is 4.20. The second-order valence-electron chi connectivity index (χ2n) is 5.28. The van der Waals surface area contributed by atoms with Gasteiger partial charge in [0.25, 0.3) is 0 Å². The van der Waals surface area contributed by atoms with Crippen molar-refractivity contribution in [2.75, 3.05) is 12.3 Å². The molecule has 1 fully saturated rings. The highest BCUT2D eigenvalue weighted by atomic mass is 32.2. The van der Waals surface area contributed by atoms with Crippen LogP contribution < -0.4 is 5.32 Å². The second-order valence-corrected chi connectivity index (χ2v) is 6.35. The standard InChI is InChI=1S/C15H19FN2O2S/c1-10(2)17-13(19)6-7-18-14(20)9-21-15(18)11-4-3-5-12(16)8-11/h3-5,8,10,15H,6-7,9H2,1-2H3,(H,17,19)/t15-/m1/s1. The molecule has 0 spiro atoms. The van der Waals surface area contributed by atoms with Gasteiger partial charge in [0.15, 0.2) is 0 Å². The molecule has 0 unspecified atom stereocenters. The van der Waals surface area contributed by atoms with E-state index < -0.39 is 0 Å². The van der Waals surface area contributed by atoms with Crippen LogP contribution in [0.2, 0.25) is 0 Å². The van der Waals surface area contributed by atoms with Crippen molar-refractivity contribution in [1.29, 1.82) is 0 Å². The summed E-state index contributed by atoms with van der Waals surface area (Å²) in [6.45, 7) is 4.14. The highest BCUT2D eigenvalue weighted by molar-refractivity contribution is 8.00.